The Morgan fingerprint density at radius 2 is 1.73 bits per heavy atom. The van der Waals surface area contributed by atoms with Crippen molar-refractivity contribution in [3.8, 4) is 0 Å². The summed E-state index contributed by atoms with van der Waals surface area (Å²) in [4.78, 5) is 14.4. The van der Waals surface area contributed by atoms with Gasteiger partial charge in [0.05, 0.1) is 0 Å². The molecule has 1 amide bonds. The van der Waals surface area contributed by atoms with Crippen molar-refractivity contribution in [2.45, 2.75) is 52.4 Å². The van der Waals surface area contributed by atoms with Gasteiger partial charge in [0.15, 0.2) is 0 Å². The van der Waals surface area contributed by atoms with Crippen LogP contribution in [0.15, 0.2) is 0 Å². The van der Waals surface area contributed by atoms with E-state index >= 15 is 0 Å². The van der Waals surface area contributed by atoms with E-state index in [0.717, 1.165) is 25.9 Å². The van der Waals surface area contributed by atoms with Crippen LogP contribution < -0.4 is 11.1 Å². The quantitative estimate of drug-likeness (QED) is 0.738. The molecule has 1 rings (SSSR count). The van der Waals surface area contributed by atoms with Crippen molar-refractivity contribution in [3.05, 3.63) is 0 Å². The van der Waals surface area contributed by atoms with E-state index in [1.54, 1.807) is 0 Å². The van der Waals surface area contributed by atoms with Crippen LogP contribution in [0.25, 0.3) is 0 Å². The number of carbonyl (C=O) groups excluding carboxylic acids is 1. The maximum absolute atomic E-state index is 12.2. The second kappa shape index (κ2) is 10.7. The van der Waals surface area contributed by atoms with Crippen LogP contribution >= 0.6 is 24.8 Å². The minimum atomic E-state index is 0. The molecule has 134 valence electrons. The highest BCUT2D eigenvalue weighted by Crippen LogP contribution is 2.38. The SMILES string of the molecule is CN(C)CC(C)(C)CNC(=O)CC1(CN)CCCCC1.Cl.Cl. The van der Waals surface area contributed by atoms with Crippen molar-refractivity contribution in [2.75, 3.05) is 33.7 Å². The van der Waals surface area contributed by atoms with Gasteiger partial charge in [0.1, 0.15) is 0 Å². The fourth-order valence-electron chi connectivity index (χ4n) is 3.41. The Balaban J connectivity index is 0. The summed E-state index contributed by atoms with van der Waals surface area (Å²) in [5.41, 5.74) is 6.11. The van der Waals surface area contributed by atoms with Gasteiger partial charge in [-0.15, -0.1) is 24.8 Å². The zero-order chi connectivity index (χ0) is 15.2. The molecule has 0 spiro atoms. The lowest BCUT2D eigenvalue weighted by atomic mass is 9.71. The molecule has 3 N–H and O–H groups in total. The topological polar surface area (TPSA) is 58.4 Å². The average molecular weight is 356 g/mol. The lowest BCUT2D eigenvalue weighted by Crippen LogP contribution is -2.43. The first-order valence-electron chi connectivity index (χ1n) is 7.90. The summed E-state index contributed by atoms with van der Waals surface area (Å²) < 4.78 is 0. The summed E-state index contributed by atoms with van der Waals surface area (Å²) in [6.45, 7) is 6.71. The molecule has 6 heteroatoms. The van der Waals surface area contributed by atoms with Gasteiger partial charge in [-0.05, 0) is 44.3 Å². The molecule has 0 atom stereocenters. The molecular weight excluding hydrogens is 321 g/mol. The Morgan fingerprint density at radius 1 is 1.18 bits per heavy atom. The van der Waals surface area contributed by atoms with Crippen molar-refractivity contribution >= 4 is 30.7 Å². The summed E-state index contributed by atoms with van der Waals surface area (Å²) in [7, 11) is 4.13. The molecule has 1 fully saturated rings. The molecule has 0 unspecified atom stereocenters. The van der Waals surface area contributed by atoms with Gasteiger partial charge >= 0.3 is 0 Å². The van der Waals surface area contributed by atoms with Crippen molar-refractivity contribution in [2.24, 2.45) is 16.6 Å². The van der Waals surface area contributed by atoms with E-state index in [-0.39, 0.29) is 41.6 Å². The van der Waals surface area contributed by atoms with Crippen molar-refractivity contribution < 1.29 is 4.79 Å². The third-order valence-corrected chi connectivity index (χ3v) is 4.39. The summed E-state index contributed by atoms with van der Waals surface area (Å²) in [6.07, 6.45) is 6.55. The maximum atomic E-state index is 12.2. The fraction of sp³-hybridized carbons (Fsp3) is 0.938. The number of nitrogens with two attached hydrogens (primary N) is 1. The Hall–Kier alpha value is -0.0300. The lowest BCUT2D eigenvalue weighted by Gasteiger charge is -2.36. The first-order valence-corrected chi connectivity index (χ1v) is 7.90. The monoisotopic (exact) mass is 355 g/mol. The summed E-state index contributed by atoms with van der Waals surface area (Å²) in [6, 6.07) is 0. The number of rotatable bonds is 7. The van der Waals surface area contributed by atoms with Gasteiger partial charge < -0.3 is 16.0 Å². The molecule has 4 nitrogen and oxygen atoms in total. The molecule has 1 aliphatic rings. The molecule has 22 heavy (non-hydrogen) atoms. The van der Waals surface area contributed by atoms with E-state index in [0.29, 0.717) is 13.0 Å². The second-order valence-electron chi connectivity index (χ2n) is 7.62. The molecule has 0 aromatic carbocycles. The number of halogens is 2. The molecule has 0 saturated heterocycles. The Kier molecular flexibility index (Phi) is 11.8. The highest BCUT2D eigenvalue weighted by atomic mass is 35.5. The van der Waals surface area contributed by atoms with Crippen LogP contribution in [0.1, 0.15) is 52.4 Å². The number of hydrogen-bond acceptors (Lipinski definition) is 3. The smallest absolute Gasteiger partial charge is 0.220 e. The van der Waals surface area contributed by atoms with Crippen LogP contribution in [0.2, 0.25) is 0 Å². The van der Waals surface area contributed by atoms with E-state index in [4.69, 9.17) is 5.73 Å². The Labute approximate surface area is 148 Å². The van der Waals surface area contributed by atoms with Gasteiger partial charge in [-0.1, -0.05) is 33.1 Å². The third kappa shape index (κ3) is 8.56. The fourth-order valence-corrected chi connectivity index (χ4v) is 3.41. The minimum Gasteiger partial charge on any atom is -0.356 e. The lowest BCUT2D eigenvalue weighted by molar-refractivity contribution is -0.124. The molecular formula is C16H35Cl2N3O. The minimum absolute atomic E-state index is 0. The Morgan fingerprint density at radius 3 is 2.18 bits per heavy atom. The highest BCUT2D eigenvalue weighted by molar-refractivity contribution is 5.85. The highest BCUT2D eigenvalue weighted by Gasteiger charge is 2.33. The van der Waals surface area contributed by atoms with E-state index in [1.807, 2.05) is 0 Å². The molecule has 0 heterocycles. The standard InChI is InChI=1S/C16H33N3O.2ClH/c1-15(2,13-19(3)4)12-18-14(20)10-16(11-17)8-6-5-7-9-16;;/h5-13,17H2,1-4H3,(H,18,20);2*1H. The van der Waals surface area contributed by atoms with Gasteiger partial charge in [0.25, 0.3) is 0 Å². The number of carbonyl (C=O) groups is 1. The van der Waals surface area contributed by atoms with Gasteiger partial charge in [0, 0.05) is 19.5 Å². The molecule has 0 radical (unpaired) electrons. The number of hydrogen-bond donors (Lipinski definition) is 2. The number of nitrogens with zero attached hydrogens (tertiary/aromatic N) is 1. The normalized spacial score (nSPS) is 17.4. The second-order valence-corrected chi connectivity index (χ2v) is 7.62. The predicted octanol–water partition coefficient (Wildman–Crippen LogP) is 2.83. The van der Waals surface area contributed by atoms with E-state index in [1.165, 1.54) is 19.3 Å². The van der Waals surface area contributed by atoms with Crippen LogP contribution in [0.4, 0.5) is 0 Å². The zero-order valence-corrected chi connectivity index (χ0v) is 16.2. The maximum Gasteiger partial charge on any atom is 0.220 e. The van der Waals surface area contributed by atoms with E-state index in [2.05, 4.69) is 38.2 Å². The van der Waals surface area contributed by atoms with Crippen LogP contribution in [0, 0.1) is 10.8 Å². The van der Waals surface area contributed by atoms with E-state index in [9.17, 15) is 4.79 Å². The number of nitrogens with one attached hydrogen (secondary N) is 1. The van der Waals surface area contributed by atoms with Crippen LogP contribution in [-0.4, -0.2) is 44.5 Å². The summed E-state index contributed by atoms with van der Waals surface area (Å²) >= 11 is 0. The number of amides is 1. The van der Waals surface area contributed by atoms with E-state index < -0.39 is 0 Å². The van der Waals surface area contributed by atoms with Gasteiger partial charge in [0.2, 0.25) is 5.91 Å². The zero-order valence-electron chi connectivity index (χ0n) is 14.6. The van der Waals surface area contributed by atoms with Gasteiger partial charge in [-0.3, -0.25) is 4.79 Å². The molecule has 1 saturated carbocycles. The largest absolute Gasteiger partial charge is 0.356 e. The molecule has 0 bridgehead atoms. The average Bonchev–Trinajstić information content (AvgIpc) is 2.36. The summed E-state index contributed by atoms with van der Waals surface area (Å²) in [5.74, 6) is 0.171. The molecule has 1 aliphatic carbocycles. The predicted molar refractivity (Wildman–Crippen MR) is 99.0 cm³/mol. The van der Waals surface area contributed by atoms with Crippen LogP contribution in [0.3, 0.4) is 0 Å². The van der Waals surface area contributed by atoms with Crippen LogP contribution in [-0.2, 0) is 4.79 Å². The first kappa shape index (κ1) is 24.2. The third-order valence-electron chi connectivity index (χ3n) is 4.39. The van der Waals surface area contributed by atoms with Crippen molar-refractivity contribution in [1.82, 2.24) is 10.2 Å². The van der Waals surface area contributed by atoms with Gasteiger partial charge in [-0.25, -0.2) is 0 Å². The van der Waals surface area contributed by atoms with Gasteiger partial charge in [-0.2, -0.15) is 0 Å². The molecule has 0 aromatic heterocycles. The Bertz CT molecular complexity index is 317. The first-order chi connectivity index (χ1) is 9.29. The summed E-state index contributed by atoms with van der Waals surface area (Å²) in [5, 5.41) is 3.11. The van der Waals surface area contributed by atoms with Crippen molar-refractivity contribution in [3.63, 3.8) is 0 Å². The van der Waals surface area contributed by atoms with Crippen molar-refractivity contribution in [1.29, 1.82) is 0 Å². The molecule has 0 aliphatic heterocycles. The van der Waals surface area contributed by atoms with Crippen LogP contribution in [0.5, 0.6) is 0 Å². The molecule has 0 aromatic rings.